The number of benzene rings is 1. The summed E-state index contributed by atoms with van der Waals surface area (Å²) >= 11 is 0. The van der Waals surface area contributed by atoms with Crippen molar-refractivity contribution < 1.29 is 18.0 Å². The van der Waals surface area contributed by atoms with Crippen molar-refractivity contribution in [3.63, 3.8) is 0 Å². The van der Waals surface area contributed by atoms with Gasteiger partial charge in [-0.15, -0.1) is 10.2 Å². The highest BCUT2D eigenvalue weighted by Gasteiger charge is 2.33. The van der Waals surface area contributed by atoms with Crippen molar-refractivity contribution >= 4 is 5.91 Å². The third kappa shape index (κ3) is 4.33. The van der Waals surface area contributed by atoms with Gasteiger partial charge in [0.05, 0.1) is 17.6 Å². The van der Waals surface area contributed by atoms with Crippen molar-refractivity contribution in [2.24, 2.45) is 0 Å². The smallest absolute Gasteiger partial charge is 0.342 e. The number of aromatic nitrogens is 5. The Morgan fingerprint density at radius 2 is 2.03 bits per heavy atom. The van der Waals surface area contributed by atoms with Gasteiger partial charge in [-0.05, 0) is 44.4 Å². The largest absolute Gasteiger partial charge is 0.416 e. The molecular formula is C21H23F3N6O. The summed E-state index contributed by atoms with van der Waals surface area (Å²) in [5.41, 5.74) is 0.811. The average Bonchev–Trinajstić information content (AvgIpc) is 3.41. The number of aromatic amines is 2. The molecule has 0 bridgehead atoms. The van der Waals surface area contributed by atoms with Gasteiger partial charge < -0.3 is 14.9 Å². The highest BCUT2D eigenvalue weighted by atomic mass is 19.4. The van der Waals surface area contributed by atoms with Crippen molar-refractivity contribution in [3.8, 4) is 11.5 Å². The third-order valence-electron chi connectivity index (χ3n) is 5.91. The van der Waals surface area contributed by atoms with Crippen LogP contribution in [-0.4, -0.2) is 49.0 Å². The van der Waals surface area contributed by atoms with E-state index >= 15 is 0 Å². The maximum Gasteiger partial charge on any atom is 0.416 e. The van der Waals surface area contributed by atoms with E-state index < -0.39 is 17.6 Å². The maximum atomic E-state index is 13.0. The third-order valence-corrected chi connectivity index (χ3v) is 5.91. The predicted molar refractivity (Wildman–Crippen MR) is 107 cm³/mol. The summed E-state index contributed by atoms with van der Waals surface area (Å²) < 4.78 is 39.0. The van der Waals surface area contributed by atoms with Crippen LogP contribution in [0, 0.1) is 6.92 Å². The molecule has 2 heterocycles. The molecule has 1 aliphatic carbocycles. The van der Waals surface area contributed by atoms with Gasteiger partial charge in [-0.25, -0.2) is 4.98 Å². The number of hydrogen-bond donors (Lipinski definition) is 2. The van der Waals surface area contributed by atoms with Gasteiger partial charge >= 0.3 is 6.18 Å². The molecule has 31 heavy (non-hydrogen) atoms. The topological polar surface area (TPSA) is 90.6 Å². The molecule has 0 spiro atoms. The van der Waals surface area contributed by atoms with Crippen LogP contribution >= 0.6 is 0 Å². The summed E-state index contributed by atoms with van der Waals surface area (Å²) in [6.45, 7) is 1.87. The predicted octanol–water partition coefficient (Wildman–Crippen LogP) is 4.32. The molecule has 1 fully saturated rings. The summed E-state index contributed by atoms with van der Waals surface area (Å²) in [6, 6.07) is 4.47. The van der Waals surface area contributed by atoms with Crippen LogP contribution in [0.5, 0.6) is 0 Å². The first-order valence-corrected chi connectivity index (χ1v) is 10.1. The monoisotopic (exact) mass is 432 g/mol. The number of carbonyl (C=O) groups is 1. The molecule has 1 aromatic carbocycles. The number of H-pyrrole nitrogens is 2. The lowest BCUT2D eigenvalue weighted by molar-refractivity contribution is -0.137. The molecule has 1 amide bonds. The lowest BCUT2D eigenvalue weighted by Crippen LogP contribution is -2.40. The molecule has 2 atom stereocenters. The van der Waals surface area contributed by atoms with Gasteiger partial charge in [-0.1, -0.05) is 12.5 Å². The molecular weight excluding hydrogens is 409 g/mol. The highest BCUT2D eigenvalue weighted by molar-refractivity contribution is 5.94. The van der Waals surface area contributed by atoms with Crippen LogP contribution in [-0.2, 0) is 6.18 Å². The van der Waals surface area contributed by atoms with Crippen LogP contribution < -0.4 is 0 Å². The molecule has 164 valence electrons. The van der Waals surface area contributed by atoms with Gasteiger partial charge in [-0.3, -0.25) is 4.79 Å². The Labute approximate surface area is 177 Å². The van der Waals surface area contributed by atoms with E-state index in [0.29, 0.717) is 12.2 Å². The van der Waals surface area contributed by atoms with E-state index in [1.54, 1.807) is 18.3 Å². The Bertz CT molecular complexity index is 1070. The lowest BCUT2D eigenvalue weighted by Gasteiger charge is -2.34. The summed E-state index contributed by atoms with van der Waals surface area (Å²) in [6.07, 6.45) is 0.350. The van der Waals surface area contributed by atoms with Crippen molar-refractivity contribution in [2.45, 2.75) is 50.7 Å². The van der Waals surface area contributed by atoms with Gasteiger partial charge in [-0.2, -0.15) is 13.2 Å². The first-order chi connectivity index (χ1) is 14.7. The van der Waals surface area contributed by atoms with E-state index in [-0.39, 0.29) is 17.5 Å². The van der Waals surface area contributed by atoms with Crippen LogP contribution in [0.4, 0.5) is 13.2 Å². The zero-order valence-electron chi connectivity index (χ0n) is 17.2. The number of imidazole rings is 1. The Morgan fingerprint density at radius 3 is 2.74 bits per heavy atom. The van der Waals surface area contributed by atoms with Crippen LogP contribution in [0.2, 0.25) is 0 Å². The molecule has 0 radical (unpaired) electrons. The van der Waals surface area contributed by atoms with Gasteiger partial charge in [0.2, 0.25) is 0 Å². The molecule has 0 aliphatic heterocycles. The Morgan fingerprint density at radius 1 is 1.23 bits per heavy atom. The molecule has 1 saturated carbocycles. The first kappa shape index (κ1) is 21.1. The minimum absolute atomic E-state index is 0.0381. The molecule has 10 heteroatoms. The van der Waals surface area contributed by atoms with E-state index in [1.165, 1.54) is 12.1 Å². The van der Waals surface area contributed by atoms with Gasteiger partial charge in [0.1, 0.15) is 11.5 Å². The van der Waals surface area contributed by atoms with Gasteiger partial charge in [0.15, 0.2) is 5.82 Å². The number of carbonyl (C=O) groups excluding carboxylic acids is 1. The van der Waals surface area contributed by atoms with Crippen molar-refractivity contribution in [1.82, 2.24) is 30.0 Å². The number of alkyl halides is 3. The second-order valence-electron chi connectivity index (χ2n) is 7.93. The second-order valence-corrected chi connectivity index (χ2v) is 7.93. The molecule has 2 N–H and O–H groups in total. The number of nitrogens with zero attached hydrogens (tertiary/aromatic N) is 4. The molecule has 0 saturated heterocycles. The molecule has 4 rings (SSSR count). The van der Waals surface area contributed by atoms with Gasteiger partial charge in [0.25, 0.3) is 5.91 Å². The van der Waals surface area contributed by atoms with Crippen molar-refractivity contribution in [1.29, 1.82) is 0 Å². The number of halogens is 3. The average molecular weight is 432 g/mol. The summed E-state index contributed by atoms with van der Waals surface area (Å²) in [7, 11) is 1.65. The minimum Gasteiger partial charge on any atom is -0.342 e. The molecule has 0 unspecified atom stereocenters. The van der Waals surface area contributed by atoms with Crippen LogP contribution in [0.15, 0.2) is 30.6 Å². The fourth-order valence-corrected chi connectivity index (χ4v) is 4.14. The van der Waals surface area contributed by atoms with Crippen LogP contribution in [0.3, 0.4) is 0 Å². The SMILES string of the molecule is Cc1nc[nH]c1-c1nnc([C@H]2CCC[C@@H](N(C)C(=O)c3cccc(C(F)(F)F)c3)C2)[nH]1. The number of rotatable bonds is 4. The fraction of sp³-hybridized carbons (Fsp3) is 0.429. The quantitative estimate of drug-likeness (QED) is 0.642. The van der Waals surface area contributed by atoms with E-state index in [2.05, 4.69) is 25.1 Å². The summed E-state index contributed by atoms with van der Waals surface area (Å²) in [4.78, 5) is 24.9. The molecule has 2 aromatic heterocycles. The standard InChI is InChI=1S/C21H23F3N6O/c1-12-17(26-11-25-12)19-27-18(28-29-19)13-5-4-8-16(10-13)30(2)20(31)14-6-3-7-15(9-14)21(22,23)24/h3,6-7,9,11,13,16H,4-5,8,10H2,1-2H3,(H,25,26)(H,27,28,29)/t13-,16+/m0/s1. The number of aryl methyl sites for hydroxylation is 1. The van der Waals surface area contributed by atoms with Crippen LogP contribution in [0.25, 0.3) is 11.5 Å². The lowest BCUT2D eigenvalue weighted by atomic mass is 9.84. The summed E-state index contributed by atoms with van der Waals surface area (Å²) in [5, 5.41) is 8.51. The van der Waals surface area contributed by atoms with E-state index in [0.717, 1.165) is 48.6 Å². The molecule has 7 nitrogen and oxygen atoms in total. The van der Waals surface area contributed by atoms with Crippen molar-refractivity contribution in [3.05, 3.63) is 53.2 Å². The number of hydrogen-bond acceptors (Lipinski definition) is 4. The molecule has 3 aromatic rings. The normalized spacial score (nSPS) is 19.4. The first-order valence-electron chi connectivity index (χ1n) is 10.1. The highest BCUT2D eigenvalue weighted by Crippen LogP contribution is 2.35. The van der Waals surface area contributed by atoms with Crippen molar-refractivity contribution in [2.75, 3.05) is 7.05 Å². The second kappa shape index (κ2) is 8.16. The summed E-state index contributed by atoms with van der Waals surface area (Å²) in [5.74, 6) is 1.03. The Hall–Kier alpha value is -3.17. The maximum absolute atomic E-state index is 13.0. The van der Waals surface area contributed by atoms with Crippen LogP contribution in [0.1, 0.15) is 59.0 Å². The number of nitrogens with one attached hydrogen (secondary N) is 2. The zero-order valence-corrected chi connectivity index (χ0v) is 17.2. The Balaban J connectivity index is 1.48. The zero-order chi connectivity index (χ0) is 22.2. The van der Waals surface area contributed by atoms with E-state index in [9.17, 15) is 18.0 Å². The number of amides is 1. The minimum atomic E-state index is -4.48. The van der Waals surface area contributed by atoms with E-state index in [1.807, 2.05) is 6.92 Å². The fourth-order valence-electron chi connectivity index (χ4n) is 4.14. The Kier molecular flexibility index (Phi) is 5.55. The molecule has 1 aliphatic rings. The van der Waals surface area contributed by atoms with Gasteiger partial charge in [0, 0.05) is 24.6 Å². The van der Waals surface area contributed by atoms with E-state index in [4.69, 9.17) is 0 Å².